The second kappa shape index (κ2) is 4.30. The number of fused-ring (bicyclic) bond motifs is 7. The van der Waals surface area contributed by atoms with Crippen molar-refractivity contribution in [2.75, 3.05) is 0 Å². The quantitative estimate of drug-likeness (QED) is 0.592. The van der Waals surface area contributed by atoms with Crippen LogP contribution in [0.5, 0.6) is 0 Å². The number of carbonyl (C=O) groups is 1. The lowest BCUT2D eigenvalue weighted by Gasteiger charge is -2.33. The van der Waals surface area contributed by atoms with Crippen LogP contribution in [0.2, 0.25) is 0 Å². The molecule has 0 N–H and O–H groups in total. The van der Waals surface area contributed by atoms with Crippen LogP contribution in [-0.4, -0.2) is 5.78 Å². The van der Waals surface area contributed by atoms with Gasteiger partial charge in [-0.2, -0.15) is 0 Å². The van der Waals surface area contributed by atoms with E-state index in [1.54, 1.807) is 6.08 Å². The zero-order chi connectivity index (χ0) is 15.4. The van der Waals surface area contributed by atoms with Crippen LogP contribution >= 0.6 is 0 Å². The van der Waals surface area contributed by atoms with Gasteiger partial charge in [-0.1, -0.05) is 78.9 Å². The Hall–Kier alpha value is -2.93. The smallest absolute Gasteiger partial charge is 0.175 e. The molecule has 0 fully saturated rings. The van der Waals surface area contributed by atoms with E-state index >= 15 is 0 Å². The maximum Gasteiger partial charge on any atom is 0.175 e. The molecule has 0 aliphatic heterocycles. The van der Waals surface area contributed by atoms with Crippen molar-refractivity contribution in [3.63, 3.8) is 0 Å². The minimum atomic E-state index is -0.696. The van der Waals surface area contributed by atoms with E-state index in [1.165, 1.54) is 11.1 Å². The van der Waals surface area contributed by atoms with Crippen LogP contribution in [-0.2, 0) is 10.2 Å². The summed E-state index contributed by atoms with van der Waals surface area (Å²) >= 11 is 0. The lowest BCUT2D eigenvalue weighted by molar-refractivity contribution is -0.117. The lowest BCUT2D eigenvalue weighted by atomic mass is 9.66. The van der Waals surface area contributed by atoms with Gasteiger partial charge < -0.3 is 0 Å². The van der Waals surface area contributed by atoms with E-state index in [9.17, 15) is 4.79 Å². The number of carbonyl (C=O) groups excluding carboxylic acids is 1. The van der Waals surface area contributed by atoms with Gasteiger partial charge in [0.25, 0.3) is 0 Å². The van der Waals surface area contributed by atoms with Crippen molar-refractivity contribution in [3.05, 3.63) is 101 Å². The predicted octanol–water partition coefficient (Wildman–Crippen LogP) is 4.60. The van der Waals surface area contributed by atoms with Crippen molar-refractivity contribution in [3.8, 4) is 11.1 Å². The molecule has 0 aromatic heterocycles. The number of allylic oxidation sites excluding steroid dienone is 1. The standard InChI is InChI=1S/C22H14O/c23-21-14-13-15-7-1-4-10-18(15)22(21)19-11-5-2-8-16(19)17-9-3-6-12-20(17)22/h1-14H. The van der Waals surface area contributed by atoms with Gasteiger partial charge in [-0.3, -0.25) is 4.79 Å². The Morgan fingerprint density at radius 2 is 1.09 bits per heavy atom. The van der Waals surface area contributed by atoms with Crippen LogP contribution in [0.25, 0.3) is 17.2 Å². The van der Waals surface area contributed by atoms with Crippen molar-refractivity contribution >= 4 is 11.9 Å². The molecule has 0 saturated heterocycles. The van der Waals surface area contributed by atoms with E-state index in [-0.39, 0.29) is 5.78 Å². The van der Waals surface area contributed by atoms with Crippen LogP contribution in [0.1, 0.15) is 22.3 Å². The average Bonchev–Trinajstić information content (AvgIpc) is 2.91. The van der Waals surface area contributed by atoms with Gasteiger partial charge in [0.1, 0.15) is 5.41 Å². The van der Waals surface area contributed by atoms with Gasteiger partial charge in [-0.25, -0.2) is 0 Å². The van der Waals surface area contributed by atoms with E-state index in [4.69, 9.17) is 0 Å². The molecule has 23 heavy (non-hydrogen) atoms. The first-order valence-electron chi connectivity index (χ1n) is 7.85. The fourth-order valence-electron chi connectivity index (χ4n) is 4.20. The van der Waals surface area contributed by atoms with Crippen LogP contribution < -0.4 is 0 Å². The minimum absolute atomic E-state index is 0.147. The normalized spacial score (nSPS) is 16.1. The van der Waals surface area contributed by atoms with E-state index in [1.807, 2.05) is 42.5 Å². The molecule has 2 aliphatic rings. The number of benzene rings is 3. The molecule has 1 nitrogen and oxygen atoms in total. The Labute approximate surface area is 134 Å². The van der Waals surface area contributed by atoms with Crippen LogP contribution in [0.15, 0.2) is 78.9 Å². The summed E-state index contributed by atoms with van der Waals surface area (Å²) in [5.41, 5.74) is 6.05. The van der Waals surface area contributed by atoms with Gasteiger partial charge in [-0.15, -0.1) is 0 Å². The number of hydrogen-bond acceptors (Lipinski definition) is 1. The molecule has 5 rings (SSSR count). The van der Waals surface area contributed by atoms with Crippen LogP contribution in [0, 0.1) is 0 Å². The summed E-state index contributed by atoms with van der Waals surface area (Å²) in [4.78, 5) is 13.2. The second-order valence-electron chi connectivity index (χ2n) is 6.13. The monoisotopic (exact) mass is 294 g/mol. The Morgan fingerprint density at radius 1 is 0.565 bits per heavy atom. The summed E-state index contributed by atoms with van der Waals surface area (Å²) in [6, 6.07) is 24.8. The first-order chi connectivity index (χ1) is 11.3. The predicted molar refractivity (Wildman–Crippen MR) is 92.2 cm³/mol. The van der Waals surface area contributed by atoms with Gasteiger partial charge in [0, 0.05) is 0 Å². The highest BCUT2D eigenvalue weighted by molar-refractivity contribution is 6.14. The summed E-state index contributed by atoms with van der Waals surface area (Å²) in [7, 11) is 0. The molecule has 0 unspecified atom stereocenters. The topological polar surface area (TPSA) is 17.1 Å². The maximum absolute atomic E-state index is 13.2. The Balaban J connectivity index is 2.00. The molecule has 1 spiro atoms. The van der Waals surface area contributed by atoms with E-state index in [0.717, 1.165) is 22.3 Å². The molecule has 0 radical (unpaired) electrons. The molecule has 1 heteroatoms. The first kappa shape index (κ1) is 12.6. The van der Waals surface area contributed by atoms with Crippen molar-refractivity contribution in [1.29, 1.82) is 0 Å². The molecule has 108 valence electrons. The number of rotatable bonds is 0. The molecular weight excluding hydrogens is 280 g/mol. The van der Waals surface area contributed by atoms with Gasteiger partial charge in [-0.05, 0) is 39.5 Å². The fourth-order valence-corrected chi connectivity index (χ4v) is 4.20. The summed E-state index contributed by atoms with van der Waals surface area (Å²) in [5, 5.41) is 0. The summed E-state index contributed by atoms with van der Waals surface area (Å²) in [6.45, 7) is 0. The van der Waals surface area contributed by atoms with Crippen LogP contribution in [0.3, 0.4) is 0 Å². The molecule has 0 heterocycles. The third-order valence-corrected chi connectivity index (χ3v) is 5.10. The van der Waals surface area contributed by atoms with Crippen molar-refractivity contribution < 1.29 is 4.79 Å². The number of ketones is 1. The fraction of sp³-hybridized carbons (Fsp3) is 0.0455. The lowest BCUT2D eigenvalue weighted by Crippen LogP contribution is -2.37. The van der Waals surface area contributed by atoms with Gasteiger partial charge in [0.05, 0.1) is 0 Å². The summed E-state index contributed by atoms with van der Waals surface area (Å²) in [6.07, 6.45) is 3.67. The minimum Gasteiger partial charge on any atom is -0.293 e. The van der Waals surface area contributed by atoms with E-state index in [0.29, 0.717) is 0 Å². The summed E-state index contributed by atoms with van der Waals surface area (Å²) in [5.74, 6) is 0.147. The highest BCUT2D eigenvalue weighted by atomic mass is 16.1. The molecule has 0 bridgehead atoms. The molecule has 0 saturated carbocycles. The molecular formula is C22H14O. The zero-order valence-corrected chi connectivity index (χ0v) is 12.5. The zero-order valence-electron chi connectivity index (χ0n) is 12.5. The van der Waals surface area contributed by atoms with Gasteiger partial charge in [0.15, 0.2) is 5.78 Å². The Bertz CT molecular complexity index is 949. The van der Waals surface area contributed by atoms with E-state index < -0.39 is 5.41 Å². The summed E-state index contributed by atoms with van der Waals surface area (Å²) < 4.78 is 0. The van der Waals surface area contributed by atoms with Crippen molar-refractivity contribution in [2.45, 2.75) is 5.41 Å². The highest BCUT2D eigenvalue weighted by Gasteiger charge is 2.50. The van der Waals surface area contributed by atoms with Crippen molar-refractivity contribution in [1.82, 2.24) is 0 Å². The molecule has 2 aliphatic carbocycles. The third kappa shape index (κ3) is 1.40. The van der Waals surface area contributed by atoms with Crippen LogP contribution in [0.4, 0.5) is 0 Å². The van der Waals surface area contributed by atoms with Crippen molar-refractivity contribution in [2.24, 2.45) is 0 Å². The Kier molecular flexibility index (Phi) is 2.35. The largest absolute Gasteiger partial charge is 0.293 e. The maximum atomic E-state index is 13.2. The molecule has 0 atom stereocenters. The first-order valence-corrected chi connectivity index (χ1v) is 7.85. The van der Waals surface area contributed by atoms with Gasteiger partial charge in [0.2, 0.25) is 0 Å². The van der Waals surface area contributed by atoms with E-state index in [2.05, 4.69) is 36.4 Å². The number of hydrogen-bond donors (Lipinski definition) is 0. The SMILES string of the molecule is O=C1C=Cc2ccccc2C12c1ccccc1-c1ccccc12. The Morgan fingerprint density at radius 3 is 1.74 bits per heavy atom. The molecule has 3 aromatic carbocycles. The highest BCUT2D eigenvalue weighted by Crippen LogP contribution is 2.54. The van der Waals surface area contributed by atoms with Gasteiger partial charge >= 0.3 is 0 Å². The third-order valence-electron chi connectivity index (χ3n) is 5.10. The molecule has 3 aromatic rings. The molecule has 0 amide bonds. The average molecular weight is 294 g/mol. The second-order valence-corrected chi connectivity index (χ2v) is 6.13.